The van der Waals surface area contributed by atoms with E-state index in [4.69, 9.17) is 10.5 Å². The molecular weight excluding hydrogens is 358 g/mol. The number of carbonyl (C=O) groups excluding carboxylic acids is 1. The average Bonchev–Trinajstić information content (AvgIpc) is 3.06. The van der Waals surface area contributed by atoms with Crippen LogP contribution in [0.15, 0.2) is 24.3 Å². The molecule has 0 aliphatic heterocycles. The first-order valence-corrected chi connectivity index (χ1v) is 9.54. The summed E-state index contributed by atoms with van der Waals surface area (Å²) in [5, 5.41) is 6.50. The number of amides is 2. The van der Waals surface area contributed by atoms with Crippen LogP contribution in [0.2, 0.25) is 0 Å². The third-order valence-corrected chi connectivity index (χ3v) is 4.27. The van der Waals surface area contributed by atoms with Crippen LogP contribution in [0.1, 0.15) is 26.1 Å². The van der Waals surface area contributed by atoms with E-state index in [1.54, 1.807) is 0 Å². The van der Waals surface area contributed by atoms with Crippen molar-refractivity contribution in [1.29, 1.82) is 0 Å². The molecule has 150 valence electrons. The summed E-state index contributed by atoms with van der Waals surface area (Å²) in [6, 6.07) is 7.68. The third kappa shape index (κ3) is 4.25. The zero-order chi connectivity index (χ0) is 19.9. The molecule has 0 atom stereocenters. The van der Waals surface area contributed by atoms with Crippen molar-refractivity contribution < 1.29 is 9.53 Å². The van der Waals surface area contributed by atoms with E-state index < -0.39 is 0 Å². The number of anilines is 1. The van der Waals surface area contributed by atoms with Gasteiger partial charge in [-0.3, -0.25) is 0 Å². The Kier molecular flexibility index (Phi) is 6.49. The van der Waals surface area contributed by atoms with Crippen LogP contribution >= 0.6 is 0 Å². The summed E-state index contributed by atoms with van der Waals surface area (Å²) >= 11 is 0. The van der Waals surface area contributed by atoms with Crippen molar-refractivity contribution in [3.63, 3.8) is 0 Å². The Labute approximate surface area is 163 Å². The molecular formula is C19H27N7O2. The number of carbonyl (C=O) groups is 1. The number of nitrogens with one attached hydrogen (secondary N) is 3. The van der Waals surface area contributed by atoms with Crippen LogP contribution in [0.5, 0.6) is 0 Å². The molecule has 2 heterocycles. The summed E-state index contributed by atoms with van der Waals surface area (Å²) in [7, 11) is 0. The lowest BCUT2D eigenvalue weighted by molar-refractivity contribution is 0.127. The van der Waals surface area contributed by atoms with E-state index in [1.807, 2.05) is 42.8 Å². The van der Waals surface area contributed by atoms with Gasteiger partial charge in [-0.05, 0) is 26.3 Å². The Morgan fingerprint density at radius 1 is 1.18 bits per heavy atom. The molecule has 0 bridgehead atoms. The lowest BCUT2D eigenvalue weighted by Gasteiger charge is -2.14. The monoisotopic (exact) mass is 385 g/mol. The average molecular weight is 385 g/mol. The van der Waals surface area contributed by atoms with E-state index in [9.17, 15) is 4.79 Å². The van der Waals surface area contributed by atoms with E-state index >= 15 is 0 Å². The number of aromatic nitrogens is 3. The zero-order valence-corrected chi connectivity index (χ0v) is 16.3. The van der Waals surface area contributed by atoms with Gasteiger partial charge < -0.3 is 26.5 Å². The van der Waals surface area contributed by atoms with Gasteiger partial charge >= 0.3 is 6.03 Å². The van der Waals surface area contributed by atoms with Crippen LogP contribution < -0.4 is 21.8 Å². The number of pyridine rings is 1. The van der Waals surface area contributed by atoms with Crippen molar-refractivity contribution in [2.75, 3.05) is 37.4 Å². The summed E-state index contributed by atoms with van der Waals surface area (Å²) < 4.78 is 7.51. The summed E-state index contributed by atoms with van der Waals surface area (Å²) in [6.45, 7) is 6.60. The minimum Gasteiger partial charge on any atom is -0.382 e. The molecule has 3 rings (SSSR count). The molecule has 0 fully saturated rings. The zero-order valence-electron chi connectivity index (χ0n) is 16.3. The number of fused-ring (bicyclic) bond motifs is 3. The van der Waals surface area contributed by atoms with Gasteiger partial charge in [0.25, 0.3) is 0 Å². The molecule has 9 nitrogen and oxygen atoms in total. The molecule has 1 aromatic carbocycles. The second-order valence-electron chi connectivity index (χ2n) is 6.26. The molecule has 0 saturated carbocycles. The van der Waals surface area contributed by atoms with Crippen LogP contribution in [0.3, 0.4) is 0 Å². The first-order valence-electron chi connectivity index (χ1n) is 9.54. The highest BCUT2D eigenvalue weighted by molar-refractivity contribution is 6.06. The van der Waals surface area contributed by atoms with Crippen LogP contribution in [-0.4, -0.2) is 46.9 Å². The molecule has 0 radical (unpaired) electrons. The summed E-state index contributed by atoms with van der Waals surface area (Å²) in [5.74, 6) is 1.13. The SMILES string of the molecule is CCNC(=O)NCCCNn1c(COCC)nc2c(N)nc3ccccc3c21. The van der Waals surface area contributed by atoms with Crippen LogP contribution in [-0.2, 0) is 11.3 Å². The van der Waals surface area contributed by atoms with Gasteiger partial charge in [0, 0.05) is 31.6 Å². The molecule has 9 heteroatoms. The number of rotatable bonds is 9. The van der Waals surface area contributed by atoms with Crippen molar-refractivity contribution >= 4 is 33.8 Å². The van der Waals surface area contributed by atoms with Gasteiger partial charge in [-0.2, -0.15) is 0 Å². The number of benzene rings is 1. The predicted molar refractivity (Wildman–Crippen MR) is 111 cm³/mol. The van der Waals surface area contributed by atoms with Crippen LogP contribution in [0, 0.1) is 0 Å². The topological polar surface area (TPSA) is 119 Å². The third-order valence-electron chi connectivity index (χ3n) is 4.27. The molecule has 0 saturated heterocycles. The molecule has 5 N–H and O–H groups in total. The predicted octanol–water partition coefficient (Wildman–Crippen LogP) is 1.96. The number of hydrogen-bond donors (Lipinski definition) is 4. The smallest absolute Gasteiger partial charge is 0.314 e. The van der Waals surface area contributed by atoms with Gasteiger partial charge in [-0.1, -0.05) is 18.2 Å². The maximum absolute atomic E-state index is 11.5. The Morgan fingerprint density at radius 2 is 2.00 bits per heavy atom. The van der Waals surface area contributed by atoms with E-state index in [-0.39, 0.29) is 6.03 Å². The number of ether oxygens (including phenoxy) is 1. The first-order chi connectivity index (χ1) is 13.7. The highest BCUT2D eigenvalue weighted by Crippen LogP contribution is 2.28. The highest BCUT2D eigenvalue weighted by Gasteiger charge is 2.17. The summed E-state index contributed by atoms with van der Waals surface area (Å²) in [6.07, 6.45) is 0.753. The molecule has 2 aromatic heterocycles. The molecule has 0 unspecified atom stereocenters. The normalized spacial score (nSPS) is 11.1. The number of nitrogens with zero attached hydrogens (tertiary/aromatic N) is 3. The van der Waals surface area contributed by atoms with Gasteiger partial charge in [0.15, 0.2) is 11.6 Å². The van der Waals surface area contributed by atoms with E-state index in [0.717, 1.165) is 28.7 Å². The molecule has 0 spiro atoms. The van der Waals surface area contributed by atoms with Crippen molar-refractivity contribution in [3.8, 4) is 0 Å². The summed E-state index contributed by atoms with van der Waals surface area (Å²) in [5.41, 5.74) is 11.9. The quantitative estimate of drug-likeness (QED) is 0.418. The lowest BCUT2D eigenvalue weighted by atomic mass is 10.2. The number of hydrogen-bond acceptors (Lipinski definition) is 6. The Morgan fingerprint density at radius 3 is 2.79 bits per heavy atom. The Hall–Kier alpha value is -3.07. The first kappa shape index (κ1) is 19.7. The largest absolute Gasteiger partial charge is 0.382 e. The molecule has 0 aliphatic rings. The second kappa shape index (κ2) is 9.23. The van der Waals surface area contributed by atoms with E-state index in [1.165, 1.54) is 0 Å². The van der Waals surface area contributed by atoms with Crippen molar-refractivity contribution in [2.24, 2.45) is 0 Å². The second-order valence-corrected chi connectivity index (χ2v) is 6.26. The van der Waals surface area contributed by atoms with Gasteiger partial charge in [-0.25, -0.2) is 19.4 Å². The molecule has 0 aliphatic carbocycles. The van der Waals surface area contributed by atoms with E-state index in [2.05, 4.69) is 26.0 Å². The van der Waals surface area contributed by atoms with Crippen molar-refractivity contribution in [1.82, 2.24) is 25.3 Å². The Balaban J connectivity index is 1.85. The van der Waals surface area contributed by atoms with Crippen molar-refractivity contribution in [3.05, 3.63) is 30.1 Å². The molecule has 3 aromatic rings. The van der Waals surface area contributed by atoms with Crippen LogP contribution in [0.4, 0.5) is 10.6 Å². The standard InChI is InChI=1S/C19H27N7O2/c1-3-21-19(27)22-10-7-11-23-26-15(12-28-4-2)25-16-17(26)13-8-5-6-9-14(13)24-18(16)20/h5-6,8-9,23H,3-4,7,10-12H2,1-2H3,(H2,20,24)(H2,21,22,27). The molecule has 2 amide bonds. The minimum atomic E-state index is -0.155. The number of imidazole rings is 1. The fraction of sp³-hybridized carbons (Fsp3) is 0.421. The Bertz CT molecular complexity index is 954. The van der Waals surface area contributed by atoms with Gasteiger partial charge in [0.2, 0.25) is 0 Å². The number of urea groups is 1. The van der Waals surface area contributed by atoms with Gasteiger partial charge in [0.1, 0.15) is 17.6 Å². The maximum Gasteiger partial charge on any atom is 0.314 e. The number of nitrogens with two attached hydrogens (primary N) is 1. The molecule has 28 heavy (non-hydrogen) atoms. The van der Waals surface area contributed by atoms with Gasteiger partial charge in [-0.15, -0.1) is 0 Å². The van der Waals surface area contributed by atoms with Gasteiger partial charge in [0.05, 0.1) is 5.52 Å². The highest BCUT2D eigenvalue weighted by atomic mass is 16.5. The maximum atomic E-state index is 11.5. The van der Waals surface area contributed by atoms with Crippen LogP contribution in [0.25, 0.3) is 21.9 Å². The number of para-hydroxylation sites is 1. The fourth-order valence-corrected chi connectivity index (χ4v) is 3.01. The van der Waals surface area contributed by atoms with Crippen molar-refractivity contribution in [2.45, 2.75) is 26.9 Å². The van der Waals surface area contributed by atoms with E-state index in [0.29, 0.717) is 44.2 Å². The summed E-state index contributed by atoms with van der Waals surface area (Å²) in [4.78, 5) is 20.6. The lowest BCUT2D eigenvalue weighted by Crippen LogP contribution is -2.36. The fourth-order valence-electron chi connectivity index (χ4n) is 3.01. The number of nitrogen functional groups attached to an aromatic ring is 1. The minimum absolute atomic E-state index is 0.155.